The number of anilines is 1. The fraction of sp³-hybridized carbons (Fsp3) is 0.438. The topological polar surface area (TPSA) is 19.4 Å². The highest BCUT2D eigenvalue weighted by molar-refractivity contribution is 6.17. The van der Waals surface area contributed by atoms with Gasteiger partial charge in [-0.15, -0.1) is 11.6 Å². The lowest BCUT2D eigenvalue weighted by atomic mass is 10.1. The zero-order valence-electron chi connectivity index (χ0n) is 12.0. The van der Waals surface area contributed by atoms with Crippen LogP contribution in [0.4, 0.5) is 5.69 Å². The average molecular weight is 290 g/mol. The number of hydrogen-bond donors (Lipinski definition) is 0. The first kappa shape index (κ1) is 13.7. The van der Waals surface area contributed by atoms with Crippen molar-refractivity contribution in [1.29, 1.82) is 0 Å². The molecule has 20 heavy (non-hydrogen) atoms. The van der Waals surface area contributed by atoms with Crippen LogP contribution in [0.5, 0.6) is 0 Å². The molecule has 0 radical (unpaired) electrons. The predicted molar refractivity (Wildman–Crippen MR) is 85.6 cm³/mol. The number of pyridine rings is 1. The van der Waals surface area contributed by atoms with E-state index >= 15 is 0 Å². The first-order chi connectivity index (χ1) is 9.69. The molecule has 1 aromatic heterocycles. The Hall–Kier alpha value is -1.32. The first-order valence-corrected chi connectivity index (χ1v) is 7.58. The molecular weight excluding hydrogens is 270 g/mol. The summed E-state index contributed by atoms with van der Waals surface area (Å²) in [6.07, 6.45) is 1.21. The van der Waals surface area contributed by atoms with Crippen molar-refractivity contribution in [3.63, 3.8) is 0 Å². The van der Waals surface area contributed by atoms with Crippen molar-refractivity contribution in [1.82, 2.24) is 9.88 Å². The zero-order chi connectivity index (χ0) is 14.1. The number of hydrogen-bond acceptors (Lipinski definition) is 3. The maximum absolute atomic E-state index is 6.00. The van der Waals surface area contributed by atoms with Gasteiger partial charge in [-0.05, 0) is 32.6 Å². The summed E-state index contributed by atoms with van der Waals surface area (Å²) in [7, 11) is 4.31. The Kier molecular flexibility index (Phi) is 3.81. The van der Waals surface area contributed by atoms with Crippen LogP contribution in [0.2, 0.25) is 0 Å². The number of aromatic nitrogens is 1. The van der Waals surface area contributed by atoms with Gasteiger partial charge in [0.25, 0.3) is 0 Å². The van der Waals surface area contributed by atoms with E-state index in [1.54, 1.807) is 0 Å². The molecule has 3 rings (SSSR count). The van der Waals surface area contributed by atoms with Crippen LogP contribution in [-0.4, -0.2) is 43.1 Å². The van der Waals surface area contributed by atoms with Gasteiger partial charge in [0.05, 0.1) is 17.1 Å². The normalized spacial score (nSPS) is 19.2. The van der Waals surface area contributed by atoms with E-state index in [2.05, 4.69) is 53.1 Å². The number of alkyl halides is 1. The van der Waals surface area contributed by atoms with Gasteiger partial charge in [0.2, 0.25) is 0 Å². The molecule has 3 nitrogen and oxygen atoms in total. The highest BCUT2D eigenvalue weighted by Crippen LogP contribution is 2.30. The summed E-state index contributed by atoms with van der Waals surface area (Å²) >= 11 is 6.00. The third-order valence-electron chi connectivity index (χ3n) is 4.12. The monoisotopic (exact) mass is 289 g/mol. The molecular formula is C16H20ClN3. The van der Waals surface area contributed by atoms with Crippen molar-refractivity contribution < 1.29 is 0 Å². The minimum Gasteiger partial charge on any atom is -0.369 e. The van der Waals surface area contributed by atoms with E-state index < -0.39 is 0 Å². The summed E-state index contributed by atoms with van der Waals surface area (Å²) in [6, 6.07) is 11.1. The lowest BCUT2D eigenvalue weighted by Crippen LogP contribution is -2.31. The van der Waals surface area contributed by atoms with Crippen LogP contribution >= 0.6 is 11.6 Å². The van der Waals surface area contributed by atoms with E-state index in [9.17, 15) is 0 Å². The van der Waals surface area contributed by atoms with Crippen molar-refractivity contribution in [2.24, 2.45) is 0 Å². The molecule has 4 heteroatoms. The van der Waals surface area contributed by atoms with E-state index in [1.165, 1.54) is 17.5 Å². The Morgan fingerprint density at radius 2 is 2.15 bits per heavy atom. The second-order valence-corrected chi connectivity index (χ2v) is 5.90. The SMILES string of the molecule is CN(C)C1CCN(c2cc(CCl)nc3ccccc23)C1. The molecule has 0 amide bonds. The van der Waals surface area contributed by atoms with E-state index in [0.29, 0.717) is 11.9 Å². The summed E-state index contributed by atoms with van der Waals surface area (Å²) in [5.74, 6) is 0.461. The number of nitrogens with zero attached hydrogens (tertiary/aromatic N) is 3. The summed E-state index contributed by atoms with van der Waals surface area (Å²) in [4.78, 5) is 9.39. The van der Waals surface area contributed by atoms with Crippen LogP contribution in [0.25, 0.3) is 10.9 Å². The van der Waals surface area contributed by atoms with Gasteiger partial charge in [-0.2, -0.15) is 0 Å². The summed E-state index contributed by atoms with van der Waals surface area (Å²) in [5.41, 5.74) is 3.26. The zero-order valence-corrected chi connectivity index (χ0v) is 12.8. The molecule has 0 bridgehead atoms. The molecule has 1 fully saturated rings. The fourth-order valence-electron chi connectivity index (χ4n) is 2.92. The smallest absolute Gasteiger partial charge is 0.0726 e. The number of fused-ring (bicyclic) bond motifs is 1. The Labute approximate surface area is 125 Å². The molecule has 1 aromatic carbocycles. The minimum absolute atomic E-state index is 0.461. The van der Waals surface area contributed by atoms with Crippen molar-refractivity contribution >= 4 is 28.2 Å². The quantitative estimate of drug-likeness (QED) is 0.810. The maximum Gasteiger partial charge on any atom is 0.0726 e. The molecule has 0 aliphatic carbocycles. The molecule has 1 unspecified atom stereocenters. The van der Waals surface area contributed by atoms with E-state index in [-0.39, 0.29) is 0 Å². The minimum atomic E-state index is 0.461. The van der Waals surface area contributed by atoms with Crippen LogP contribution < -0.4 is 4.90 Å². The van der Waals surface area contributed by atoms with Crippen molar-refractivity contribution in [3.05, 3.63) is 36.0 Å². The van der Waals surface area contributed by atoms with Gasteiger partial charge in [0.1, 0.15) is 0 Å². The number of halogens is 1. The highest BCUT2D eigenvalue weighted by atomic mass is 35.5. The summed E-state index contributed by atoms with van der Waals surface area (Å²) < 4.78 is 0. The Bertz CT molecular complexity index is 612. The second-order valence-electron chi connectivity index (χ2n) is 5.64. The lowest BCUT2D eigenvalue weighted by molar-refractivity contribution is 0.315. The number of para-hydroxylation sites is 1. The van der Waals surface area contributed by atoms with Crippen LogP contribution in [0.3, 0.4) is 0 Å². The van der Waals surface area contributed by atoms with Gasteiger partial charge in [0, 0.05) is 30.2 Å². The molecule has 1 aliphatic heterocycles. The third kappa shape index (κ3) is 2.48. The Balaban J connectivity index is 2.02. The standard InChI is InChI=1S/C16H20ClN3/c1-19(2)13-7-8-20(11-13)16-9-12(10-17)18-15-6-4-3-5-14(15)16/h3-6,9,13H,7-8,10-11H2,1-2H3. The first-order valence-electron chi connectivity index (χ1n) is 7.05. The van der Waals surface area contributed by atoms with Crippen LogP contribution in [0.15, 0.2) is 30.3 Å². The molecule has 2 aromatic rings. The van der Waals surface area contributed by atoms with Gasteiger partial charge in [-0.25, -0.2) is 0 Å². The molecule has 1 saturated heterocycles. The van der Waals surface area contributed by atoms with Crippen LogP contribution in [0, 0.1) is 0 Å². The Morgan fingerprint density at radius 3 is 2.85 bits per heavy atom. The van der Waals surface area contributed by atoms with Gasteiger partial charge >= 0.3 is 0 Å². The van der Waals surface area contributed by atoms with E-state index in [0.717, 1.165) is 24.3 Å². The summed E-state index contributed by atoms with van der Waals surface area (Å²) in [5, 5.41) is 1.22. The largest absolute Gasteiger partial charge is 0.369 e. The molecule has 0 spiro atoms. The molecule has 0 saturated carbocycles. The molecule has 1 atom stereocenters. The van der Waals surface area contributed by atoms with Crippen molar-refractivity contribution in [3.8, 4) is 0 Å². The maximum atomic E-state index is 6.00. The summed E-state index contributed by atoms with van der Waals surface area (Å²) in [6.45, 7) is 2.17. The molecule has 2 heterocycles. The van der Waals surface area contributed by atoms with Gasteiger partial charge in [-0.1, -0.05) is 18.2 Å². The fourth-order valence-corrected chi connectivity index (χ4v) is 3.06. The van der Waals surface area contributed by atoms with Crippen LogP contribution in [-0.2, 0) is 5.88 Å². The van der Waals surface area contributed by atoms with E-state index in [4.69, 9.17) is 11.6 Å². The second kappa shape index (κ2) is 5.58. The van der Waals surface area contributed by atoms with Gasteiger partial charge < -0.3 is 9.80 Å². The number of rotatable bonds is 3. The molecule has 1 aliphatic rings. The number of likely N-dealkylation sites (N-methyl/N-ethyl adjacent to an activating group) is 1. The van der Waals surface area contributed by atoms with Gasteiger partial charge in [0.15, 0.2) is 0 Å². The van der Waals surface area contributed by atoms with Crippen molar-refractivity contribution in [2.45, 2.75) is 18.3 Å². The highest BCUT2D eigenvalue weighted by Gasteiger charge is 2.25. The average Bonchev–Trinajstić information content (AvgIpc) is 2.96. The Morgan fingerprint density at radius 1 is 1.35 bits per heavy atom. The van der Waals surface area contributed by atoms with Crippen molar-refractivity contribution in [2.75, 3.05) is 32.1 Å². The number of benzene rings is 1. The molecule has 106 valence electrons. The predicted octanol–water partition coefficient (Wildman–Crippen LogP) is 3.11. The third-order valence-corrected chi connectivity index (χ3v) is 4.39. The van der Waals surface area contributed by atoms with Crippen LogP contribution in [0.1, 0.15) is 12.1 Å². The van der Waals surface area contributed by atoms with E-state index in [1.807, 2.05) is 6.07 Å². The molecule has 0 N–H and O–H groups in total. The van der Waals surface area contributed by atoms with Gasteiger partial charge in [-0.3, -0.25) is 4.98 Å². The lowest BCUT2D eigenvalue weighted by Gasteiger charge is -2.23.